The third-order valence-electron chi connectivity index (χ3n) is 7.08. The molecule has 2 aromatic heterocycles. The second-order valence-corrected chi connectivity index (χ2v) is 12.0. The number of amides is 2. The Morgan fingerprint density at radius 2 is 1.82 bits per heavy atom. The number of carbonyl (C=O) groups is 2. The standard InChI is InChI=1S/C29H27ClN4O3S2/c1-37-22-12-10-21(11-13-22)34-29-26(27(31-34)19-6-8-20(30)9-7-19)28(23-5-4-16-38-23)39-18-25(36)33(29)17-24(35)32-14-2-3-15-32/h4-13,16,28H,2-3,14-15,17-18H2,1H3/t28-/m1/s1. The van der Waals surface area contributed by atoms with Gasteiger partial charge in [-0.3, -0.25) is 14.5 Å². The van der Waals surface area contributed by atoms with Crippen LogP contribution >= 0.6 is 34.7 Å². The van der Waals surface area contributed by atoms with E-state index in [1.165, 1.54) is 0 Å². The molecule has 1 atom stereocenters. The van der Waals surface area contributed by atoms with Crippen LogP contribution in [0.15, 0.2) is 66.0 Å². The SMILES string of the molecule is COc1ccc(-n2nc(-c3ccc(Cl)cc3)c3c2N(CC(=O)N2CCCC2)C(=O)CS[C@@H]3c2cccs2)cc1. The summed E-state index contributed by atoms with van der Waals surface area (Å²) in [4.78, 5) is 31.8. The van der Waals surface area contributed by atoms with Crippen LogP contribution in [-0.2, 0) is 9.59 Å². The van der Waals surface area contributed by atoms with Gasteiger partial charge in [-0.1, -0.05) is 29.8 Å². The highest BCUT2D eigenvalue weighted by molar-refractivity contribution is 8.00. The zero-order valence-electron chi connectivity index (χ0n) is 21.4. The Morgan fingerprint density at radius 3 is 2.49 bits per heavy atom. The lowest BCUT2D eigenvalue weighted by molar-refractivity contribution is -0.130. The van der Waals surface area contributed by atoms with E-state index in [9.17, 15) is 9.59 Å². The molecule has 4 heterocycles. The fraction of sp³-hybridized carbons (Fsp3) is 0.276. The maximum absolute atomic E-state index is 13.8. The first-order chi connectivity index (χ1) is 19.0. The number of benzene rings is 2. The van der Waals surface area contributed by atoms with Gasteiger partial charge in [0.05, 0.1) is 29.5 Å². The molecule has 0 N–H and O–H groups in total. The molecule has 39 heavy (non-hydrogen) atoms. The van der Waals surface area contributed by atoms with Crippen molar-refractivity contribution in [1.29, 1.82) is 0 Å². The summed E-state index contributed by atoms with van der Waals surface area (Å²) in [5.74, 6) is 1.46. The van der Waals surface area contributed by atoms with Gasteiger partial charge in [-0.2, -0.15) is 5.10 Å². The van der Waals surface area contributed by atoms with E-state index in [1.54, 1.807) is 39.8 Å². The van der Waals surface area contributed by atoms with Crippen LogP contribution in [0.3, 0.4) is 0 Å². The average Bonchev–Trinajstić information content (AvgIpc) is 3.73. The first-order valence-electron chi connectivity index (χ1n) is 12.8. The Kier molecular flexibility index (Phi) is 7.38. The maximum Gasteiger partial charge on any atom is 0.242 e. The molecule has 0 unspecified atom stereocenters. The third kappa shape index (κ3) is 5.06. The first kappa shape index (κ1) is 26.0. The smallest absolute Gasteiger partial charge is 0.242 e. The molecule has 1 fully saturated rings. The van der Waals surface area contributed by atoms with Crippen molar-refractivity contribution < 1.29 is 14.3 Å². The molecule has 1 saturated heterocycles. The van der Waals surface area contributed by atoms with Gasteiger partial charge < -0.3 is 9.64 Å². The van der Waals surface area contributed by atoms with Gasteiger partial charge in [0.2, 0.25) is 11.8 Å². The van der Waals surface area contributed by atoms with Crippen LogP contribution in [0.1, 0.15) is 28.5 Å². The van der Waals surface area contributed by atoms with Crippen molar-refractivity contribution in [3.63, 3.8) is 0 Å². The van der Waals surface area contributed by atoms with Gasteiger partial charge in [-0.05, 0) is 60.7 Å². The van der Waals surface area contributed by atoms with Crippen molar-refractivity contribution in [2.45, 2.75) is 18.1 Å². The molecule has 2 amide bonds. The lowest BCUT2D eigenvalue weighted by Crippen LogP contribution is -2.43. The van der Waals surface area contributed by atoms with Gasteiger partial charge in [-0.25, -0.2) is 4.68 Å². The number of aromatic nitrogens is 2. The topological polar surface area (TPSA) is 67.7 Å². The van der Waals surface area contributed by atoms with E-state index in [4.69, 9.17) is 21.4 Å². The van der Waals surface area contributed by atoms with Crippen LogP contribution in [0.25, 0.3) is 16.9 Å². The number of likely N-dealkylation sites (tertiary alicyclic amines) is 1. The highest BCUT2D eigenvalue weighted by Gasteiger charge is 2.38. The van der Waals surface area contributed by atoms with Crippen molar-refractivity contribution in [1.82, 2.24) is 14.7 Å². The Hall–Kier alpha value is -3.27. The van der Waals surface area contributed by atoms with Crippen LogP contribution in [0.4, 0.5) is 5.82 Å². The molecule has 7 nitrogen and oxygen atoms in total. The largest absolute Gasteiger partial charge is 0.497 e. The summed E-state index contributed by atoms with van der Waals surface area (Å²) in [6.45, 7) is 1.44. The number of hydrogen-bond donors (Lipinski definition) is 0. The third-order valence-corrected chi connectivity index (χ3v) is 9.65. The molecule has 200 valence electrons. The van der Waals surface area contributed by atoms with E-state index in [1.807, 2.05) is 64.9 Å². The lowest BCUT2D eigenvalue weighted by atomic mass is 10.0. The van der Waals surface area contributed by atoms with Crippen molar-refractivity contribution in [3.8, 4) is 22.7 Å². The molecular weight excluding hydrogens is 552 g/mol. The van der Waals surface area contributed by atoms with E-state index in [0.29, 0.717) is 10.8 Å². The summed E-state index contributed by atoms with van der Waals surface area (Å²) in [5, 5.41) is 7.67. The summed E-state index contributed by atoms with van der Waals surface area (Å²) in [6.07, 6.45) is 1.98. The molecule has 0 radical (unpaired) electrons. The van der Waals surface area contributed by atoms with Crippen LogP contribution in [-0.4, -0.2) is 59.0 Å². The van der Waals surface area contributed by atoms with E-state index >= 15 is 0 Å². The molecule has 0 aliphatic carbocycles. The summed E-state index contributed by atoms with van der Waals surface area (Å²) < 4.78 is 7.18. The minimum absolute atomic E-state index is 0.0224. The quantitative estimate of drug-likeness (QED) is 0.278. The number of thioether (sulfide) groups is 1. The van der Waals surface area contributed by atoms with Crippen molar-refractivity contribution in [2.24, 2.45) is 0 Å². The van der Waals surface area contributed by atoms with Gasteiger partial charge in [0.15, 0.2) is 0 Å². The minimum Gasteiger partial charge on any atom is -0.497 e. The number of nitrogens with zero attached hydrogens (tertiary/aromatic N) is 4. The number of rotatable bonds is 6. The maximum atomic E-state index is 13.8. The van der Waals surface area contributed by atoms with Crippen molar-refractivity contribution >= 4 is 52.3 Å². The zero-order valence-corrected chi connectivity index (χ0v) is 23.8. The van der Waals surface area contributed by atoms with E-state index in [-0.39, 0.29) is 29.4 Å². The molecular formula is C29H27ClN4O3S2. The lowest BCUT2D eigenvalue weighted by Gasteiger charge is -2.25. The predicted octanol–water partition coefficient (Wildman–Crippen LogP) is 6.05. The van der Waals surface area contributed by atoms with Crippen molar-refractivity contribution in [2.75, 3.05) is 37.4 Å². The Labute approximate surface area is 240 Å². The number of ether oxygens (including phenoxy) is 1. The average molecular weight is 579 g/mol. The van der Waals surface area contributed by atoms with Gasteiger partial charge in [0, 0.05) is 34.1 Å². The van der Waals surface area contributed by atoms with Crippen molar-refractivity contribution in [3.05, 3.63) is 81.5 Å². The number of carbonyl (C=O) groups excluding carboxylic acids is 2. The minimum atomic E-state index is -0.131. The van der Waals surface area contributed by atoms with Crippen LogP contribution < -0.4 is 9.64 Å². The molecule has 0 bridgehead atoms. The Bertz CT molecular complexity index is 1480. The Morgan fingerprint density at radius 1 is 1.08 bits per heavy atom. The summed E-state index contributed by atoms with van der Waals surface area (Å²) in [7, 11) is 1.63. The fourth-order valence-electron chi connectivity index (χ4n) is 5.11. The van der Waals surface area contributed by atoms with E-state index in [2.05, 4.69) is 6.07 Å². The molecule has 2 aliphatic rings. The molecule has 2 aromatic carbocycles. The van der Waals surface area contributed by atoms with Gasteiger partial charge in [0.1, 0.15) is 18.1 Å². The molecule has 0 saturated carbocycles. The molecule has 6 rings (SSSR count). The molecule has 4 aromatic rings. The summed E-state index contributed by atoms with van der Waals surface area (Å²) >= 11 is 9.47. The number of thiophene rings is 1. The van der Waals surface area contributed by atoms with Crippen LogP contribution in [0.5, 0.6) is 5.75 Å². The molecule has 2 aliphatic heterocycles. The van der Waals surface area contributed by atoms with Gasteiger partial charge >= 0.3 is 0 Å². The second-order valence-electron chi connectivity index (χ2n) is 9.48. The normalized spacial score (nSPS) is 17.3. The highest BCUT2D eigenvalue weighted by atomic mass is 35.5. The monoisotopic (exact) mass is 578 g/mol. The summed E-state index contributed by atoms with van der Waals surface area (Å²) in [5.41, 5.74) is 3.35. The second kappa shape index (κ2) is 11.1. The number of anilines is 1. The van der Waals surface area contributed by atoms with Crippen LogP contribution in [0.2, 0.25) is 5.02 Å². The predicted molar refractivity (Wildman–Crippen MR) is 157 cm³/mol. The number of halogens is 1. The van der Waals surface area contributed by atoms with E-state index in [0.717, 1.165) is 59.1 Å². The molecule has 0 spiro atoms. The number of methoxy groups -OCH3 is 1. The zero-order chi connectivity index (χ0) is 26.9. The van der Waals surface area contributed by atoms with E-state index < -0.39 is 0 Å². The van der Waals surface area contributed by atoms with Gasteiger partial charge in [-0.15, -0.1) is 23.1 Å². The van der Waals surface area contributed by atoms with Crippen LogP contribution in [0, 0.1) is 0 Å². The number of hydrogen-bond acceptors (Lipinski definition) is 6. The van der Waals surface area contributed by atoms with Gasteiger partial charge in [0.25, 0.3) is 0 Å². The summed E-state index contributed by atoms with van der Waals surface area (Å²) in [6, 6.07) is 19.3. The highest BCUT2D eigenvalue weighted by Crippen LogP contribution is 2.49. The fourth-order valence-corrected chi connectivity index (χ4v) is 7.41. The first-order valence-corrected chi connectivity index (χ1v) is 15.1. The Balaban J connectivity index is 1.58. The molecule has 10 heteroatoms. The number of fused-ring (bicyclic) bond motifs is 1.